The first kappa shape index (κ1) is 30.5. The third-order valence-corrected chi connectivity index (χ3v) is 12.7. The van der Waals surface area contributed by atoms with Crippen LogP contribution in [0.15, 0.2) is 194 Å². The van der Waals surface area contributed by atoms with Crippen molar-refractivity contribution in [3.8, 4) is 33.6 Å². The summed E-state index contributed by atoms with van der Waals surface area (Å²) in [5.74, 6) is 0. The van der Waals surface area contributed by atoms with Crippen molar-refractivity contribution in [1.29, 1.82) is 0 Å². The van der Waals surface area contributed by atoms with Gasteiger partial charge in [0.25, 0.3) is 0 Å². The molecule has 0 aliphatic rings. The van der Waals surface area contributed by atoms with E-state index in [-0.39, 0.29) is 0 Å². The van der Waals surface area contributed by atoms with Crippen LogP contribution in [0.2, 0.25) is 0 Å². The Bertz CT molecular complexity index is 3470. The van der Waals surface area contributed by atoms with E-state index in [4.69, 9.17) is 0 Å². The molecule has 3 aromatic heterocycles. The van der Waals surface area contributed by atoms with Crippen molar-refractivity contribution in [2.24, 2.45) is 0 Å². The topological polar surface area (TPSA) is 9.86 Å². The van der Waals surface area contributed by atoms with Crippen LogP contribution in [0.3, 0.4) is 0 Å². The molecule has 0 spiro atoms. The van der Waals surface area contributed by atoms with E-state index in [0.29, 0.717) is 0 Å². The van der Waals surface area contributed by atoms with Crippen molar-refractivity contribution in [2.45, 2.75) is 0 Å². The quantitative estimate of drug-likeness (QED) is 0.172. The molecule has 0 aliphatic heterocycles. The zero-order valence-corrected chi connectivity index (χ0v) is 30.6. The van der Waals surface area contributed by atoms with Gasteiger partial charge in [0.2, 0.25) is 0 Å². The smallest absolute Gasteiger partial charge is 0.0548 e. The minimum atomic E-state index is 1.16. The Kier molecular flexibility index (Phi) is 6.54. The first-order valence-corrected chi connectivity index (χ1v) is 19.7. The maximum atomic E-state index is 2.44. The van der Waals surface area contributed by atoms with Gasteiger partial charge in [0.05, 0.1) is 22.1 Å². The molecule has 0 N–H and O–H groups in total. The molecule has 0 atom stereocenters. The van der Waals surface area contributed by atoms with Crippen molar-refractivity contribution in [2.75, 3.05) is 0 Å². The van der Waals surface area contributed by atoms with Gasteiger partial charge >= 0.3 is 0 Å². The molecule has 3 heterocycles. The van der Waals surface area contributed by atoms with E-state index < -0.39 is 0 Å². The highest BCUT2D eigenvalue weighted by atomic mass is 32.1. The number of thiophene rings is 1. The van der Waals surface area contributed by atoms with Crippen molar-refractivity contribution in [3.63, 3.8) is 0 Å². The molecule has 0 unspecified atom stereocenters. The van der Waals surface area contributed by atoms with Crippen LogP contribution >= 0.6 is 11.3 Å². The highest BCUT2D eigenvalue weighted by Crippen LogP contribution is 2.42. The number of fused-ring (bicyclic) bond motifs is 10. The van der Waals surface area contributed by atoms with Gasteiger partial charge in [-0.3, -0.25) is 0 Å². The van der Waals surface area contributed by atoms with Crippen LogP contribution in [-0.2, 0) is 0 Å². The lowest BCUT2D eigenvalue weighted by molar-refractivity contribution is 1.17. The maximum Gasteiger partial charge on any atom is 0.0548 e. The number of hydrogen-bond acceptors (Lipinski definition) is 1. The van der Waals surface area contributed by atoms with Crippen LogP contribution in [0.5, 0.6) is 0 Å². The molecular formula is C52H32N2S. The first-order chi connectivity index (χ1) is 27.3. The molecule has 55 heavy (non-hydrogen) atoms. The molecule has 256 valence electrons. The lowest BCUT2D eigenvalue weighted by atomic mass is 10.0. The molecule has 0 radical (unpaired) electrons. The van der Waals surface area contributed by atoms with Gasteiger partial charge in [-0.1, -0.05) is 133 Å². The predicted molar refractivity (Wildman–Crippen MR) is 236 cm³/mol. The van der Waals surface area contributed by atoms with Gasteiger partial charge in [-0.25, -0.2) is 0 Å². The fourth-order valence-corrected chi connectivity index (χ4v) is 10.2. The molecule has 9 aromatic carbocycles. The monoisotopic (exact) mass is 716 g/mol. The lowest BCUT2D eigenvalue weighted by Crippen LogP contribution is -1.95. The molecule has 12 aromatic rings. The van der Waals surface area contributed by atoms with Crippen molar-refractivity contribution < 1.29 is 0 Å². The number of benzene rings is 9. The van der Waals surface area contributed by atoms with Gasteiger partial charge in [0.15, 0.2) is 0 Å². The van der Waals surface area contributed by atoms with Crippen molar-refractivity contribution >= 4 is 85.9 Å². The van der Waals surface area contributed by atoms with Gasteiger partial charge in [-0.05, 0) is 93.7 Å². The second-order valence-corrected chi connectivity index (χ2v) is 15.6. The highest BCUT2D eigenvalue weighted by Gasteiger charge is 2.19. The summed E-state index contributed by atoms with van der Waals surface area (Å²) in [5, 5.41) is 10.2. The number of para-hydroxylation sites is 2. The Morgan fingerprint density at radius 3 is 1.51 bits per heavy atom. The van der Waals surface area contributed by atoms with Crippen LogP contribution in [0, 0.1) is 0 Å². The zero-order valence-electron chi connectivity index (χ0n) is 29.8. The Morgan fingerprint density at radius 2 is 0.836 bits per heavy atom. The van der Waals surface area contributed by atoms with E-state index in [1.54, 1.807) is 0 Å². The van der Waals surface area contributed by atoms with Crippen LogP contribution in [0.25, 0.3) is 108 Å². The molecule has 0 bridgehead atoms. The summed E-state index contributed by atoms with van der Waals surface area (Å²) in [5.41, 5.74) is 12.1. The normalized spacial score (nSPS) is 12.0. The van der Waals surface area contributed by atoms with E-state index in [1.165, 1.54) is 96.8 Å². The molecule has 12 rings (SSSR count). The van der Waals surface area contributed by atoms with Crippen LogP contribution in [0.4, 0.5) is 0 Å². The van der Waals surface area contributed by atoms with E-state index in [1.807, 2.05) is 11.3 Å². The minimum Gasteiger partial charge on any atom is -0.309 e. The number of nitrogens with zero attached hydrogens (tertiary/aromatic N) is 2. The average molecular weight is 717 g/mol. The fourth-order valence-electron chi connectivity index (χ4n) is 8.92. The Labute approximate surface area is 321 Å². The molecular weight excluding hydrogens is 685 g/mol. The van der Waals surface area contributed by atoms with Gasteiger partial charge in [-0.2, -0.15) is 0 Å². The maximum absolute atomic E-state index is 2.44. The van der Waals surface area contributed by atoms with Gasteiger partial charge in [0.1, 0.15) is 0 Å². The lowest BCUT2D eigenvalue weighted by Gasteiger charge is -2.11. The third-order valence-electron chi connectivity index (χ3n) is 11.5. The summed E-state index contributed by atoms with van der Waals surface area (Å²) in [6.07, 6.45) is 0. The van der Waals surface area contributed by atoms with Crippen molar-refractivity contribution in [3.05, 3.63) is 194 Å². The summed E-state index contributed by atoms with van der Waals surface area (Å²) in [6, 6.07) is 71.4. The molecule has 0 aliphatic carbocycles. The molecule has 0 fully saturated rings. The number of aromatic nitrogens is 2. The average Bonchev–Trinajstić information content (AvgIpc) is 3.90. The molecule has 3 heteroatoms. The summed E-state index contributed by atoms with van der Waals surface area (Å²) >= 11 is 1.88. The van der Waals surface area contributed by atoms with Crippen LogP contribution in [0.1, 0.15) is 0 Å². The third kappa shape index (κ3) is 4.60. The first-order valence-electron chi connectivity index (χ1n) is 18.8. The molecule has 0 saturated carbocycles. The summed E-state index contributed by atoms with van der Waals surface area (Å²) in [4.78, 5) is 0. The summed E-state index contributed by atoms with van der Waals surface area (Å²) in [7, 11) is 0. The van der Waals surface area contributed by atoms with Crippen LogP contribution in [-0.4, -0.2) is 9.13 Å². The second-order valence-electron chi connectivity index (χ2n) is 14.5. The summed E-state index contributed by atoms with van der Waals surface area (Å²) in [6.45, 7) is 0. The second kappa shape index (κ2) is 11.8. The Balaban J connectivity index is 1.01. The predicted octanol–water partition coefficient (Wildman–Crippen LogP) is 14.7. The Morgan fingerprint density at radius 1 is 0.309 bits per heavy atom. The highest BCUT2D eigenvalue weighted by molar-refractivity contribution is 7.26. The fraction of sp³-hybridized carbons (Fsp3) is 0. The van der Waals surface area contributed by atoms with Crippen molar-refractivity contribution in [1.82, 2.24) is 9.13 Å². The van der Waals surface area contributed by atoms with E-state index in [9.17, 15) is 0 Å². The zero-order chi connectivity index (χ0) is 36.0. The largest absolute Gasteiger partial charge is 0.309 e. The SMILES string of the molecule is c1ccc2cc(-c3ccc(-n4c5ccccc5c5cc6c(cc54)c4ccccc4n6-c4ccc(-c5cccc6c5sc5ccccc56)cc4)cc3)ccc2c1. The standard InChI is InChI=1S/C52H32N2S/c1-2-11-36-30-37(21-20-33(36)10-1)34-22-26-38(27-23-34)53-47-17-6-3-12-41(47)45-32-50-46(31-49(45)53)42-13-4-7-18-48(42)54(50)39-28-24-35(25-29-39)40-15-9-16-44-43-14-5-8-19-51(43)55-52(40)44/h1-32H. The van der Waals surface area contributed by atoms with Gasteiger partial charge in [0, 0.05) is 53.1 Å². The Hall–Kier alpha value is -6.94. The summed E-state index contributed by atoms with van der Waals surface area (Å²) < 4.78 is 7.55. The molecule has 0 saturated heterocycles. The van der Waals surface area contributed by atoms with Gasteiger partial charge in [-0.15, -0.1) is 11.3 Å². The number of hydrogen-bond donors (Lipinski definition) is 0. The molecule has 0 amide bonds. The van der Waals surface area contributed by atoms with E-state index >= 15 is 0 Å². The van der Waals surface area contributed by atoms with E-state index in [0.717, 1.165) is 11.4 Å². The van der Waals surface area contributed by atoms with E-state index in [2.05, 4.69) is 203 Å². The minimum absolute atomic E-state index is 1.16. The molecule has 2 nitrogen and oxygen atoms in total. The van der Waals surface area contributed by atoms with Gasteiger partial charge < -0.3 is 9.13 Å². The number of rotatable bonds is 4. The van der Waals surface area contributed by atoms with Crippen LogP contribution < -0.4 is 0 Å².